The summed E-state index contributed by atoms with van der Waals surface area (Å²) in [7, 11) is 1.71. The predicted molar refractivity (Wildman–Crippen MR) is 92.8 cm³/mol. The molecule has 0 spiro atoms. The van der Waals surface area contributed by atoms with Crippen molar-refractivity contribution in [2.24, 2.45) is 0 Å². The van der Waals surface area contributed by atoms with Crippen LogP contribution in [0.4, 0.5) is 17.6 Å². The van der Waals surface area contributed by atoms with Gasteiger partial charge in [0.1, 0.15) is 19.0 Å². The van der Waals surface area contributed by atoms with Crippen molar-refractivity contribution in [2.75, 3.05) is 13.7 Å². The van der Waals surface area contributed by atoms with E-state index in [1.807, 2.05) is 20.8 Å². The van der Waals surface area contributed by atoms with Crippen molar-refractivity contribution in [3.05, 3.63) is 29.3 Å². The first-order valence-corrected chi connectivity index (χ1v) is 8.23. The normalized spacial score (nSPS) is 13.1. The molecule has 0 aromatic heterocycles. The minimum Gasteiger partial charge on any atom is -0.485 e. The van der Waals surface area contributed by atoms with Crippen molar-refractivity contribution < 1.29 is 41.7 Å². The number of aliphatic hydroxyl groups excluding tert-OH is 1. The molecule has 0 saturated heterocycles. The third-order valence-corrected chi connectivity index (χ3v) is 3.29. The maximum Gasteiger partial charge on any atom is 0.217 e. The average Bonchev–Trinajstić information content (AvgIpc) is 2.59. The summed E-state index contributed by atoms with van der Waals surface area (Å²) in [4.78, 5) is 21.4. The minimum absolute atomic E-state index is 0.0143. The third kappa shape index (κ3) is 9.14. The molecule has 160 valence electrons. The van der Waals surface area contributed by atoms with Crippen LogP contribution in [0.2, 0.25) is 0 Å². The van der Waals surface area contributed by atoms with E-state index in [0.717, 1.165) is 6.92 Å². The van der Waals surface area contributed by atoms with E-state index in [2.05, 4.69) is 10.1 Å². The van der Waals surface area contributed by atoms with Gasteiger partial charge in [0.25, 0.3) is 0 Å². The predicted octanol–water partition coefficient (Wildman–Crippen LogP) is 2.51. The second-order valence-corrected chi connectivity index (χ2v) is 6.70. The molecule has 0 saturated carbocycles. The second kappa shape index (κ2) is 11.6. The molecule has 0 bridgehead atoms. The number of hydrogen-bond acceptors (Lipinski definition) is 5. The van der Waals surface area contributed by atoms with E-state index in [9.17, 15) is 32.3 Å². The van der Waals surface area contributed by atoms with Gasteiger partial charge in [0.15, 0.2) is 17.4 Å². The van der Waals surface area contributed by atoms with Crippen molar-refractivity contribution in [1.29, 1.82) is 0 Å². The van der Waals surface area contributed by atoms with Crippen LogP contribution in [-0.4, -0.2) is 48.8 Å². The number of rotatable bonds is 7. The number of nitrogens with one attached hydrogen (secondary N) is 1. The number of aldehydes is 1. The molecule has 0 fully saturated rings. The molecule has 0 heterocycles. The largest absolute Gasteiger partial charge is 0.485 e. The highest BCUT2D eigenvalue weighted by Crippen LogP contribution is 2.26. The molecular weight excluding hydrogens is 386 g/mol. The summed E-state index contributed by atoms with van der Waals surface area (Å²) >= 11 is 0. The molecular formula is C18H25F4NO5. The topological polar surface area (TPSA) is 84.9 Å². The van der Waals surface area contributed by atoms with E-state index in [0.29, 0.717) is 6.29 Å². The first kappa shape index (κ1) is 25.8. The number of halogens is 4. The highest BCUT2D eigenvalue weighted by molar-refractivity contribution is 5.73. The summed E-state index contributed by atoms with van der Waals surface area (Å²) in [6, 6.07) is -1.06. The number of hydrogen-bond donors (Lipinski definition) is 2. The molecule has 0 aliphatic carbocycles. The number of amides is 1. The Kier molecular flexibility index (Phi) is 10.7. The van der Waals surface area contributed by atoms with Crippen molar-refractivity contribution in [2.45, 2.75) is 51.9 Å². The first-order valence-electron chi connectivity index (χ1n) is 8.23. The van der Waals surface area contributed by atoms with Crippen LogP contribution < -0.4 is 10.1 Å². The highest BCUT2D eigenvalue weighted by atomic mass is 19.2. The van der Waals surface area contributed by atoms with Crippen LogP contribution >= 0.6 is 0 Å². The Labute approximate surface area is 160 Å². The molecule has 1 amide bonds. The van der Waals surface area contributed by atoms with Crippen LogP contribution in [0.25, 0.3) is 0 Å². The molecule has 1 aromatic carbocycles. The van der Waals surface area contributed by atoms with Gasteiger partial charge in [-0.25, -0.2) is 8.78 Å². The zero-order valence-corrected chi connectivity index (χ0v) is 16.3. The van der Waals surface area contributed by atoms with Crippen LogP contribution in [0.5, 0.6) is 5.75 Å². The van der Waals surface area contributed by atoms with E-state index >= 15 is 0 Å². The highest BCUT2D eigenvalue weighted by Gasteiger charge is 2.24. The molecule has 0 radical (unpaired) electrons. The molecule has 6 nitrogen and oxygen atoms in total. The molecule has 10 heteroatoms. The molecule has 2 unspecified atom stereocenters. The van der Waals surface area contributed by atoms with E-state index in [-0.39, 0.29) is 18.1 Å². The molecule has 1 rings (SSSR count). The lowest BCUT2D eigenvalue weighted by Gasteiger charge is -2.22. The van der Waals surface area contributed by atoms with Crippen LogP contribution in [0.1, 0.15) is 34.1 Å². The lowest BCUT2D eigenvalue weighted by molar-refractivity contribution is -0.121. The maximum absolute atomic E-state index is 13.3. The second-order valence-electron chi connectivity index (χ2n) is 6.70. The summed E-state index contributed by atoms with van der Waals surface area (Å²) in [6.07, 6.45) is -1.40. The van der Waals surface area contributed by atoms with Crippen molar-refractivity contribution in [3.63, 3.8) is 0 Å². The first-order chi connectivity index (χ1) is 12.8. The molecule has 28 heavy (non-hydrogen) atoms. The average molecular weight is 411 g/mol. The van der Waals surface area contributed by atoms with Crippen LogP contribution in [-0.2, 0) is 14.3 Å². The van der Waals surface area contributed by atoms with E-state index in [1.165, 1.54) is 0 Å². The minimum atomic E-state index is -1.75. The quantitative estimate of drug-likeness (QED) is 0.409. The summed E-state index contributed by atoms with van der Waals surface area (Å²) < 4.78 is 62.1. The van der Waals surface area contributed by atoms with Gasteiger partial charge in [-0.1, -0.05) is 0 Å². The van der Waals surface area contributed by atoms with Crippen molar-refractivity contribution >= 4 is 12.2 Å². The summed E-state index contributed by atoms with van der Waals surface area (Å²) in [5, 5.41) is 12.0. The number of benzene rings is 1. The smallest absolute Gasteiger partial charge is 0.217 e. The fourth-order valence-corrected chi connectivity index (χ4v) is 1.64. The third-order valence-electron chi connectivity index (χ3n) is 3.29. The zero-order chi connectivity index (χ0) is 22.1. The summed E-state index contributed by atoms with van der Waals surface area (Å²) in [6.45, 7) is 6.40. The SMILES string of the molecule is CC(=O)NC(CC=O)C(O)COc1c(F)c(F)cc(F)c1F.COC(C)(C)C. The van der Waals surface area contributed by atoms with Gasteiger partial charge in [0, 0.05) is 26.5 Å². The van der Waals surface area contributed by atoms with Crippen LogP contribution in [0.3, 0.4) is 0 Å². The Balaban J connectivity index is 0.00000105. The lowest BCUT2D eigenvalue weighted by Crippen LogP contribution is -2.45. The fraction of sp³-hybridized carbons (Fsp3) is 0.556. The van der Waals surface area contributed by atoms with Crippen LogP contribution in [0, 0.1) is 23.3 Å². The Hall–Kier alpha value is -2.20. The van der Waals surface area contributed by atoms with E-state index < -0.39 is 53.7 Å². The van der Waals surface area contributed by atoms with Gasteiger partial charge in [-0.3, -0.25) is 4.79 Å². The molecule has 2 atom stereocenters. The Morgan fingerprint density at radius 2 is 1.68 bits per heavy atom. The molecule has 1 aromatic rings. The number of methoxy groups -OCH3 is 1. The van der Waals surface area contributed by atoms with E-state index in [4.69, 9.17) is 4.74 Å². The van der Waals surface area contributed by atoms with Gasteiger partial charge < -0.3 is 24.7 Å². The van der Waals surface area contributed by atoms with Crippen molar-refractivity contribution in [3.8, 4) is 5.75 Å². The number of carbonyl (C=O) groups excluding carboxylic acids is 2. The maximum atomic E-state index is 13.3. The standard InChI is InChI=1S/C13H13F4NO4.C5H12O/c1-6(20)18-9(2-3-19)10(21)5-22-13-11(16)7(14)4-8(15)12(13)17;1-5(2,3)6-4/h3-4,9-10,21H,2,5H2,1H3,(H,18,20);1-4H3. The Bertz CT molecular complexity index is 638. The van der Waals surface area contributed by atoms with Gasteiger partial charge in [-0.15, -0.1) is 0 Å². The number of aliphatic hydroxyl groups is 1. The Morgan fingerprint density at radius 3 is 2.04 bits per heavy atom. The zero-order valence-electron chi connectivity index (χ0n) is 16.3. The molecule has 2 N–H and O–H groups in total. The van der Waals surface area contributed by atoms with E-state index in [1.54, 1.807) is 7.11 Å². The summed E-state index contributed by atoms with van der Waals surface area (Å²) in [5.74, 6) is -8.70. The van der Waals surface area contributed by atoms with Crippen LogP contribution in [0.15, 0.2) is 6.07 Å². The van der Waals surface area contributed by atoms with Gasteiger partial charge in [0.2, 0.25) is 17.5 Å². The Morgan fingerprint density at radius 1 is 1.21 bits per heavy atom. The number of carbonyl (C=O) groups is 2. The van der Waals surface area contributed by atoms with Gasteiger partial charge >= 0.3 is 0 Å². The van der Waals surface area contributed by atoms with Crippen molar-refractivity contribution in [1.82, 2.24) is 5.32 Å². The van der Waals surface area contributed by atoms with Gasteiger partial charge in [-0.05, 0) is 20.8 Å². The number of ether oxygens (including phenoxy) is 2. The van der Waals surface area contributed by atoms with Gasteiger partial charge in [-0.2, -0.15) is 8.78 Å². The fourth-order valence-electron chi connectivity index (χ4n) is 1.64. The molecule has 0 aliphatic rings. The van der Waals surface area contributed by atoms with Gasteiger partial charge in [0.05, 0.1) is 11.6 Å². The lowest BCUT2D eigenvalue weighted by atomic mass is 10.1. The summed E-state index contributed by atoms with van der Waals surface area (Å²) in [5.41, 5.74) is 0.0417. The monoisotopic (exact) mass is 411 g/mol. The molecule has 0 aliphatic heterocycles.